The highest BCUT2D eigenvalue weighted by Gasteiger charge is 2.22. The van der Waals surface area contributed by atoms with Crippen LogP contribution in [0, 0.1) is 0 Å². The summed E-state index contributed by atoms with van der Waals surface area (Å²) in [5.41, 5.74) is 0. The minimum atomic E-state index is -3.23. The zero-order valence-corrected chi connectivity index (χ0v) is 5.59. The maximum absolute atomic E-state index is 11.1. The molecule has 0 aliphatic heterocycles. The Bertz CT molecular complexity index is 41.3. The molecule has 0 aliphatic carbocycles. The van der Waals surface area contributed by atoms with Gasteiger partial charge in [0.1, 0.15) is 16.3 Å². The first-order valence-electron chi connectivity index (χ1n) is 0.925. The van der Waals surface area contributed by atoms with Crippen LogP contribution in [0.2, 0.25) is 0 Å². The molecule has 0 aliphatic rings. The second kappa shape index (κ2) is 2.18. The van der Waals surface area contributed by atoms with Gasteiger partial charge in [-0.25, -0.2) is 3.83 Å². The molecule has 0 rings (SSSR count). The first-order valence-corrected chi connectivity index (χ1v) is 2.37. The maximum atomic E-state index is 11.1. The molecule has 5 heteroatoms. The SMILES string of the molecule is FC(F)(Br)OBr. The summed E-state index contributed by atoms with van der Waals surface area (Å²) in [4.78, 5) is 0. The van der Waals surface area contributed by atoms with Crippen LogP contribution in [0.25, 0.3) is 0 Å². The highest BCUT2D eigenvalue weighted by Crippen LogP contribution is 2.24. The summed E-state index contributed by atoms with van der Waals surface area (Å²) in [6.45, 7) is 0. The fraction of sp³-hybridized carbons (Fsp3) is 1.00. The Morgan fingerprint density at radius 3 is 1.67 bits per heavy atom. The van der Waals surface area contributed by atoms with E-state index in [0.717, 1.165) is 0 Å². The van der Waals surface area contributed by atoms with Crippen molar-refractivity contribution in [3.8, 4) is 0 Å². The van der Waals surface area contributed by atoms with E-state index in [-0.39, 0.29) is 0 Å². The molecular weight excluding hydrogens is 226 g/mol. The van der Waals surface area contributed by atoms with Gasteiger partial charge in [-0.1, -0.05) is 0 Å². The smallest absolute Gasteiger partial charge is 0.231 e. The van der Waals surface area contributed by atoms with Crippen molar-refractivity contribution in [2.75, 3.05) is 0 Å². The molecule has 0 aromatic carbocycles. The van der Waals surface area contributed by atoms with E-state index < -0.39 is 5.02 Å². The third kappa shape index (κ3) is 4.78. The van der Waals surface area contributed by atoms with E-state index in [2.05, 4.69) is 20.1 Å². The van der Waals surface area contributed by atoms with Crippen molar-refractivity contribution in [2.45, 2.75) is 5.02 Å². The molecule has 0 saturated heterocycles. The van der Waals surface area contributed by atoms with Gasteiger partial charge in [0.05, 0.1) is 0 Å². The Morgan fingerprint density at radius 2 is 1.67 bits per heavy atom. The van der Waals surface area contributed by atoms with Gasteiger partial charge in [0, 0.05) is 15.9 Å². The van der Waals surface area contributed by atoms with Gasteiger partial charge in [-0.05, 0) is 0 Å². The standard InChI is InChI=1S/CBr2F2O/c2-1(4,5)6-3. The summed E-state index contributed by atoms with van der Waals surface area (Å²) >= 11 is 3.95. The summed E-state index contributed by atoms with van der Waals surface area (Å²) in [6.07, 6.45) is 0. The fourth-order valence-electron chi connectivity index (χ4n) is 0. The predicted molar refractivity (Wildman–Crippen MR) is 23.9 cm³/mol. The van der Waals surface area contributed by atoms with Crippen LogP contribution in [0.15, 0.2) is 0 Å². The Kier molecular flexibility index (Phi) is 2.47. The minimum absolute atomic E-state index is 1.88. The molecular formula is CBr2F2O. The van der Waals surface area contributed by atoms with E-state index in [1.807, 2.05) is 15.9 Å². The highest BCUT2D eigenvalue weighted by atomic mass is 79.9. The van der Waals surface area contributed by atoms with Crippen LogP contribution in [0.3, 0.4) is 0 Å². The zero-order valence-electron chi connectivity index (χ0n) is 2.42. The second-order valence-corrected chi connectivity index (χ2v) is 1.77. The van der Waals surface area contributed by atoms with Gasteiger partial charge in [0.2, 0.25) is 0 Å². The molecule has 38 valence electrons. The maximum Gasteiger partial charge on any atom is 0.424 e. The first-order chi connectivity index (χ1) is 2.56. The van der Waals surface area contributed by atoms with Crippen LogP contribution in [0.1, 0.15) is 0 Å². The number of alkyl halides is 3. The van der Waals surface area contributed by atoms with Gasteiger partial charge in [-0.2, -0.15) is 8.78 Å². The number of rotatable bonds is 1. The zero-order chi connectivity index (χ0) is 5.21. The molecule has 0 fully saturated rings. The highest BCUT2D eigenvalue weighted by molar-refractivity contribution is 9.10. The Balaban J connectivity index is 3.17. The molecule has 0 atom stereocenters. The number of halogens is 4. The molecule has 0 spiro atoms. The number of hydrogen-bond donors (Lipinski definition) is 0. The second-order valence-electron chi connectivity index (χ2n) is 0.523. The van der Waals surface area contributed by atoms with E-state index in [9.17, 15) is 8.78 Å². The van der Waals surface area contributed by atoms with Crippen molar-refractivity contribution in [1.29, 1.82) is 0 Å². The lowest BCUT2D eigenvalue weighted by Crippen LogP contribution is -2.01. The monoisotopic (exact) mass is 224 g/mol. The van der Waals surface area contributed by atoms with Crippen molar-refractivity contribution >= 4 is 32.2 Å². The van der Waals surface area contributed by atoms with Gasteiger partial charge in [0.15, 0.2) is 0 Å². The molecule has 0 unspecified atom stereocenters. The molecule has 0 amide bonds. The Hall–Kier alpha value is 0.780. The largest absolute Gasteiger partial charge is 0.424 e. The van der Waals surface area contributed by atoms with Crippen molar-refractivity contribution in [2.24, 2.45) is 0 Å². The van der Waals surface area contributed by atoms with Crippen molar-refractivity contribution in [3.63, 3.8) is 0 Å². The van der Waals surface area contributed by atoms with Crippen molar-refractivity contribution in [3.05, 3.63) is 0 Å². The molecule has 0 heterocycles. The van der Waals surface area contributed by atoms with Crippen molar-refractivity contribution in [1.82, 2.24) is 0 Å². The lowest BCUT2D eigenvalue weighted by Gasteiger charge is -1.97. The molecule has 0 aromatic rings. The normalized spacial score (nSPS) is 12.0. The average Bonchev–Trinajstić information content (AvgIpc) is 1.35. The van der Waals surface area contributed by atoms with E-state index in [4.69, 9.17) is 0 Å². The van der Waals surface area contributed by atoms with E-state index in [0.29, 0.717) is 0 Å². The van der Waals surface area contributed by atoms with Crippen LogP contribution in [-0.4, -0.2) is 5.02 Å². The molecule has 0 aromatic heterocycles. The van der Waals surface area contributed by atoms with Crippen molar-refractivity contribution < 1.29 is 12.6 Å². The van der Waals surface area contributed by atoms with Crippen LogP contribution in [0.5, 0.6) is 0 Å². The lowest BCUT2D eigenvalue weighted by atomic mass is 11.5. The minimum Gasteiger partial charge on any atom is -0.231 e. The first kappa shape index (κ1) is 6.78. The van der Waals surface area contributed by atoms with E-state index >= 15 is 0 Å². The molecule has 0 saturated carbocycles. The third-order valence-corrected chi connectivity index (χ3v) is 1.09. The van der Waals surface area contributed by atoms with Crippen LogP contribution in [0.4, 0.5) is 8.78 Å². The van der Waals surface area contributed by atoms with E-state index in [1.165, 1.54) is 0 Å². The summed E-state index contributed by atoms with van der Waals surface area (Å²) < 4.78 is 25.5. The van der Waals surface area contributed by atoms with Gasteiger partial charge in [-0.3, -0.25) is 0 Å². The summed E-state index contributed by atoms with van der Waals surface area (Å²) in [5.74, 6) is 0. The summed E-state index contributed by atoms with van der Waals surface area (Å²) in [5, 5.41) is -3.23. The summed E-state index contributed by atoms with van der Waals surface area (Å²) in [6, 6.07) is 0. The van der Waals surface area contributed by atoms with Crippen LogP contribution < -0.4 is 0 Å². The molecule has 6 heavy (non-hydrogen) atoms. The predicted octanol–water partition coefficient (Wildman–Crippen LogP) is 2.26. The molecule has 0 N–H and O–H groups in total. The Morgan fingerprint density at radius 1 is 1.50 bits per heavy atom. The van der Waals surface area contributed by atoms with Gasteiger partial charge < -0.3 is 0 Å². The van der Waals surface area contributed by atoms with Crippen LogP contribution in [-0.2, 0) is 3.83 Å². The molecule has 0 bridgehead atoms. The van der Waals surface area contributed by atoms with Crippen LogP contribution >= 0.6 is 32.2 Å². The Labute approximate surface area is 50.2 Å². The van der Waals surface area contributed by atoms with Gasteiger partial charge in [0.25, 0.3) is 0 Å². The molecule has 0 radical (unpaired) electrons. The third-order valence-electron chi connectivity index (χ3n) is 0.0875. The molecule has 1 nitrogen and oxygen atoms in total. The summed E-state index contributed by atoms with van der Waals surface area (Å²) in [7, 11) is 0. The fourth-order valence-corrected chi connectivity index (χ4v) is 0. The number of hydrogen-bond acceptors (Lipinski definition) is 1. The lowest BCUT2D eigenvalue weighted by molar-refractivity contribution is -0.0585. The average molecular weight is 226 g/mol. The quantitative estimate of drug-likeness (QED) is 0.623. The van der Waals surface area contributed by atoms with Gasteiger partial charge >= 0.3 is 5.02 Å². The van der Waals surface area contributed by atoms with Gasteiger partial charge in [-0.15, -0.1) is 0 Å². The topological polar surface area (TPSA) is 9.23 Å². The van der Waals surface area contributed by atoms with E-state index in [1.54, 1.807) is 0 Å².